The van der Waals surface area contributed by atoms with Crippen molar-refractivity contribution in [3.05, 3.63) is 29.7 Å². The van der Waals surface area contributed by atoms with Crippen molar-refractivity contribution in [3.63, 3.8) is 0 Å². The molecule has 14 heavy (non-hydrogen) atoms. The van der Waals surface area contributed by atoms with Crippen LogP contribution in [-0.2, 0) is 6.18 Å². The summed E-state index contributed by atoms with van der Waals surface area (Å²) in [6, 6.07) is 3.24. The Morgan fingerprint density at radius 3 is 2.64 bits per heavy atom. The largest absolute Gasteiger partial charge is 0.441 e. The van der Waals surface area contributed by atoms with Gasteiger partial charge in [0.2, 0.25) is 0 Å². The molecule has 2 aromatic rings. The number of benzene rings is 1. The van der Waals surface area contributed by atoms with Gasteiger partial charge in [-0.05, 0) is 18.2 Å². The third-order valence-corrected chi connectivity index (χ3v) is 1.82. The summed E-state index contributed by atoms with van der Waals surface area (Å²) in [7, 11) is 0. The lowest BCUT2D eigenvalue weighted by atomic mass is 10.2. The van der Waals surface area contributed by atoms with Crippen molar-refractivity contribution >= 4 is 11.1 Å². The second-order valence-electron chi connectivity index (χ2n) is 2.91. The van der Waals surface area contributed by atoms with E-state index in [1.807, 2.05) is 0 Å². The van der Waals surface area contributed by atoms with Crippen LogP contribution in [0.1, 0.15) is 11.5 Å². The summed E-state index contributed by atoms with van der Waals surface area (Å²) in [4.78, 5) is 3.90. The first-order valence-corrected chi connectivity index (χ1v) is 3.91. The number of fused-ring (bicyclic) bond motifs is 1. The van der Waals surface area contributed by atoms with Gasteiger partial charge in [0, 0.05) is 6.92 Å². The van der Waals surface area contributed by atoms with E-state index in [1.54, 1.807) is 6.92 Å². The standard InChI is InChI=1S/C9H6F3NO/c1-5-13-7-3-2-6(9(10,11)12)4-8(7)14-5/h2-4H,1H3. The monoisotopic (exact) mass is 201 g/mol. The molecule has 0 fully saturated rings. The Morgan fingerprint density at radius 2 is 2.00 bits per heavy atom. The molecule has 0 saturated carbocycles. The maximum absolute atomic E-state index is 12.3. The van der Waals surface area contributed by atoms with Crippen LogP contribution in [0.5, 0.6) is 0 Å². The molecule has 0 atom stereocenters. The molecule has 0 aliphatic carbocycles. The number of aromatic nitrogens is 1. The summed E-state index contributed by atoms with van der Waals surface area (Å²) in [5.74, 6) is 0.360. The van der Waals surface area contributed by atoms with Gasteiger partial charge in [-0.3, -0.25) is 0 Å². The zero-order chi connectivity index (χ0) is 10.3. The highest BCUT2D eigenvalue weighted by atomic mass is 19.4. The van der Waals surface area contributed by atoms with Crippen LogP contribution in [0.2, 0.25) is 0 Å². The third-order valence-electron chi connectivity index (χ3n) is 1.82. The third kappa shape index (κ3) is 1.45. The highest BCUT2D eigenvalue weighted by molar-refractivity contribution is 5.73. The fraction of sp³-hybridized carbons (Fsp3) is 0.222. The van der Waals surface area contributed by atoms with E-state index >= 15 is 0 Å². The lowest BCUT2D eigenvalue weighted by molar-refractivity contribution is -0.137. The summed E-state index contributed by atoms with van der Waals surface area (Å²) >= 11 is 0. The molecule has 0 aliphatic heterocycles. The van der Waals surface area contributed by atoms with Gasteiger partial charge in [0.15, 0.2) is 11.5 Å². The molecular formula is C9H6F3NO. The molecule has 2 nitrogen and oxygen atoms in total. The van der Waals surface area contributed by atoms with Crippen LogP contribution in [0.15, 0.2) is 22.6 Å². The highest BCUT2D eigenvalue weighted by Gasteiger charge is 2.30. The summed E-state index contributed by atoms with van der Waals surface area (Å²) < 4.78 is 41.8. The zero-order valence-electron chi connectivity index (χ0n) is 7.22. The smallest absolute Gasteiger partial charge is 0.416 e. The van der Waals surface area contributed by atoms with Crippen molar-refractivity contribution in [2.24, 2.45) is 0 Å². The first kappa shape index (κ1) is 9.05. The van der Waals surface area contributed by atoms with Gasteiger partial charge in [-0.15, -0.1) is 0 Å². The number of hydrogen-bond donors (Lipinski definition) is 0. The van der Waals surface area contributed by atoms with Crippen molar-refractivity contribution in [2.75, 3.05) is 0 Å². The maximum atomic E-state index is 12.3. The molecule has 0 spiro atoms. The van der Waals surface area contributed by atoms with Crippen LogP contribution in [0.25, 0.3) is 11.1 Å². The molecule has 0 aliphatic rings. The van der Waals surface area contributed by atoms with Crippen molar-refractivity contribution in [1.82, 2.24) is 4.98 Å². The minimum absolute atomic E-state index is 0.164. The number of nitrogens with zero attached hydrogens (tertiary/aromatic N) is 1. The molecule has 2 rings (SSSR count). The van der Waals surface area contributed by atoms with Crippen LogP contribution in [0.4, 0.5) is 13.2 Å². The van der Waals surface area contributed by atoms with Crippen molar-refractivity contribution < 1.29 is 17.6 Å². The second kappa shape index (κ2) is 2.73. The quantitative estimate of drug-likeness (QED) is 0.654. The van der Waals surface area contributed by atoms with Crippen molar-refractivity contribution in [2.45, 2.75) is 13.1 Å². The zero-order valence-corrected chi connectivity index (χ0v) is 7.22. The van der Waals surface area contributed by atoms with Gasteiger partial charge >= 0.3 is 6.18 Å². The first-order valence-electron chi connectivity index (χ1n) is 3.91. The summed E-state index contributed by atoms with van der Waals surface area (Å²) in [6.45, 7) is 1.59. The van der Waals surface area contributed by atoms with Crippen LogP contribution in [-0.4, -0.2) is 4.98 Å². The predicted molar refractivity (Wildman–Crippen MR) is 43.7 cm³/mol. The van der Waals surface area contributed by atoms with Crippen LogP contribution < -0.4 is 0 Å². The van der Waals surface area contributed by atoms with E-state index in [1.165, 1.54) is 6.07 Å². The number of oxazole rings is 1. The molecule has 0 unspecified atom stereocenters. The topological polar surface area (TPSA) is 26.0 Å². The molecule has 0 radical (unpaired) electrons. The molecule has 0 amide bonds. The molecule has 5 heteroatoms. The molecule has 0 saturated heterocycles. The Hall–Kier alpha value is -1.52. The fourth-order valence-corrected chi connectivity index (χ4v) is 1.22. The Bertz CT molecular complexity index is 472. The number of rotatable bonds is 0. The fourth-order valence-electron chi connectivity index (χ4n) is 1.22. The van der Waals surface area contributed by atoms with E-state index in [2.05, 4.69) is 4.98 Å². The number of alkyl halides is 3. The number of aryl methyl sites for hydroxylation is 1. The Kier molecular flexibility index (Phi) is 1.77. The second-order valence-corrected chi connectivity index (χ2v) is 2.91. The van der Waals surface area contributed by atoms with Crippen LogP contribution >= 0.6 is 0 Å². The van der Waals surface area contributed by atoms with Gasteiger partial charge in [-0.25, -0.2) is 4.98 Å². The van der Waals surface area contributed by atoms with E-state index in [0.29, 0.717) is 11.4 Å². The molecule has 74 valence electrons. The average Bonchev–Trinajstić information content (AvgIpc) is 2.41. The first-order chi connectivity index (χ1) is 6.47. The summed E-state index contributed by atoms with van der Waals surface area (Å²) in [5, 5.41) is 0. The Balaban J connectivity index is 2.62. The Labute approximate surface area is 77.4 Å². The minimum Gasteiger partial charge on any atom is -0.441 e. The Morgan fingerprint density at radius 1 is 1.29 bits per heavy atom. The minimum atomic E-state index is -4.34. The van der Waals surface area contributed by atoms with E-state index in [-0.39, 0.29) is 5.58 Å². The molecular weight excluding hydrogens is 195 g/mol. The predicted octanol–water partition coefficient (Wildman–Crippen LogP) is 3.16. The van der Waals surface area contributed by atoms with Gasteiger partial charge in [0.05, 0.1) is 5.56 Å². The summed E-state index contributed by atoms with van der Waals surface area (Å²) in [6.07, 6.45) is -4.34. The van der Waals surface area contributed by atoms with E-state index in [9.17, 15) is 13.2 Å². The lowest BCUT2D eigenvalue weighted by Crippen LogP contribution is -2.03. The van der Waals surface area contributed by atoms with Crippen molar-refractivity contribution in [1.29, 1.82) is 0 Å². The number of halogens is 3. The SMILES string of the molecule is Cc1nc2ccc(C(F)(F)F)cc2o1. The van der Waals surface area contributed by atoms with Crippen molar-refractivity contribution in [3.8, 4) is 0 Å². The summed E-state index contributed by atoms with van der Waals surface area (Å²) in [5.41, 5.74) is -0.117. The van der Waals surface area contributed by atoms with E-state index in [0.717, 1.165) is 12.1 Å². The lowest BCUT2D eigenvalue weighted by Gasteiger charge is -2.04. The van der Waals surface area contributed by atoms with Gasteiger partial charge in [-0.2, -0.15) is 13.2 Å². The maximum Gasteiger partial charge on any atom is 0.416 e. The highest BCUT2D eigenvalue weighted by Crippen LogP contribution is 2.31. The van der Waals surface area contributed by atoms with Crippen LogP contribution in [0, 0.1) is 6.92 Å². The number of hydrogen-bond acceptors (Lipinski definition) is 2. The van der Waals surface area contributed by atoms with Gasteiger partial charge < -0.3 is 4.42 Å². The van der Waals surface area contributed by atoms with E-state index < -0.39 is 11.7 Å². The van der Waals surface area contributed by atoms with Gasteiger partial charge in [0.1, 0.15) is 5.52 Å². The van der Waals surface area contributed by atoms with Gasteiger partial charge in [-0.1, -0.05) is 0 Å². The molecule has 1 heterocycles. The normalized spacial score (nSPS) is 12.3. The molecule has 0 N–H and O–H groups in total. The molecule has 1 aromatic carbocycles. The molecule has 1 aromatic heterocycles. The van der Waals surface area contributed by atoms with Gasteiger partial charge in [0.25, 0.3) is 0 Å². The van der Waals surface area contributed by atoms with E-state index in [4.69, 9.17) is 4.42 Å². The average molecular weight is 201 g/mol. The molecule has 0 bridgehead atoms. The van der Waals surface area contributed by atoms with Crippen LogP contribution in [0.3, 0.4) is 0 Å².